The Labute approximate surface area is 123 Å². The number of ether oxygens (including phenoxy) is 1. The first-order chi connectivity index (χ1) is 9.61. The molecule has 0 aliphatic rings. The zero-order valence-corrected chi connectivity index (χ0v) is 12.4. The molecule has 1 unspecified atom stereocenters. The largest absolute Gasteiger partial charge is 0.487 e. The molecule has 0 bridgehead atoms. The van der Waals surface area contributed by atoms with E-state index in [1.54, 1.807) is 0 Å². The van der Waals surface area contributed by atoms with Crippen molar-refractivity contribution in [3.8, 4) is 5.75 Å². The minimum absolute atomic E-state index is 0.0627. The van der Waals surface area contributed by atoms with Gasteiger partial charge in [0.2, 0.25) is 0 Å². The lowest BCUT2D eigenvalue weighted by Gasteiger charge is -2.15. The summed E-state index contributed by atoms with van der Waals surface area (Å²) in [6, 6.07) is 5.64. The van der Waals surface area contributed by atoms with Crippen LogP contribution < -0.4 is 10.5 Å². The molecule has 6 heteroatoms. The van der Waals surface area contributed by atoms with Crippen molar-refractivity contribution >= 4 is 11.6 Å². The number of aryl methyl sites for hydroxylation is 1. The molecule has 1 aromatic carbocycles. The number of halogens is 1. The SMILES string of the molecule is CCC(N)Cc1c(Cl)cccc1OCc1nonc1C. The number of nitrogens with zero attached hydrogens (tertiary/aromatic N) is 2. The van der Waals surface area contributed by atoms with E-state index in [-0.39, 0.29) is 6.04 Å². The van der Waals surface area contributed by atoms with Crippen molar-refractivity contribution in [2.24, 2.45) is 5.73 Å². The van der Waals surface area contributed by atoms with Crippen molar-refractivity contribution in [1.82, 2.24) is 10.3 Å². The maximum Gasteiger partial charge on any atom is 0.145 e. The van der Waals surface area contributed by atoms with E-state index in [1.165, 1.54) is 0 Å². The van der Waals surface area contributed by atoms with E-state index in [0.717, 1.165) is 23.4 Å². The van der Waals surface area contributed by atoms with E-state index in [4.69, 9.17) is 22.1 Å². The van der Waals surface area contributed by atoms with Gasteiger partial charge in [-0.3, -0.25) is 0 Å². The first kappa shape index (κ1) is 14.8. The molecule has 2 N–H and O–H groups in total. The van der Waals surface area contributed by atoms with Crippen LogP contribution in [-0.2, 0) is 13.0 Å². The maximum atomic E-state index is 6.24. The predicted molar refractivity (Wildman–Crippen MR) is 76.8 cm³/mol. The summed E-state index contributed by atoms with van der Waals surface area (Å²) in [4.78, 5) is 0. The van der Waals surface area contributed by atoms with Gasteiger partial charge in [0.25, 0.3) is 0 Å². The highest BCUT2D eigenvalue weighted by Crippen LogP contribution is 2.28. The zero-order chi connectivity index (χ0) is 14.5. The Hall–Kier alpha value is -1.59. The molecule has 1 aromatic heterocycles. The topological polar surface area (TPSA) is 74.2 Å². The van der Waals surface area contributed by atoms with Gasteiger partial charge in [0.1, 0.15) is 23.7 Å². The third kappa shape index (κ3) is 3.49. The summed E-state index contributed by atoms with van der Waals surface area (Å²) in [6.07, 6.45) is 1.57. The molecular formula is C14H18ClN3O2. The fourth-order valence-electron chi connectivity index (χ4n) is 1.81. The molecule has 0 aliphatic carbocycles. The van der Waals surface area contributed by atoms with Crippen LogP contribution in [0.4, 0.5) is 0 Å². The predicted octanol–water partition coefficient (Wildman–Crippen LogP) is 2.89. The molecule has 5 nitrogen and oxygen atoms in total. The van der Waals surface area contributed by atoms with Crippen LogP contribution in [-0.4, -0.2) is 16.4 Å². The molecule has 2 aromatic rings. The third-order valence-electron chi connectivity index (χ3n) is 3.18. The quantitative estimate of drug-likeness (QED) is 0.887. The minimum atomic E-state index is 0.0627. The van der Waals surface area contributed by atoms with Crippen LogP contribution in [0.5, 0.6) is 5.75 Å². The van der Waals surface area contributed by atoms with Crippen LogP contribution in [0.1, 0.15) is 30.3 Å². The van der Waals surface area contributed by atoms with Gasteiger partial charge in [-0.05, 0) is 31.9 Å². The zero-order valence-electron chi connectivity index (χ0n) is 11.6. The summed E-state index contributed by atoms with van der Waals surface area (Å²) in [5.74, 6) is 0.726. The second-order valence-corrected chi connectivity index (χ2v) is 5.08. The van der Waals surface area contributed by atoms with E-state index < -0.39 is 0 Å². The monoisotopic (exact) mass is 295 g/mol. The number of hydrogen-bond donors (Lipinski definition) is 1. The molecule has 0 saturated carbocycles. The van der Waals surface area contributed by atoms with Crippen molar-refractivity contribution < 1.29 is 9.37 Å². The van der Waals surface area contributed by atoms with Crippen LogP contribution in [0.15, 0.2) is 22.8 Å². The number of rotatable bonds is 6. The van der Waals surface area contributed by atoms with Crippen molar-refractivity contribution in [3.05, 3.63) is 40.2 Å². The standard InChI is InChI=1S/C14H18ClN3O2/c1-3-10(16)7-11-12(15)5-4-6-14(11)19-8-13-9(2)17-20-18-13/h4-6,10H,3,7-8,16H2,1-2H3. The van der Waals surface area contributed by atoms with Gasteiger partial charge in [0, 0.05) is 16.6 Å². The fourth-order valence-corrected chi connectivity index (χ4v) is 2.05. The summed E-state index contributed by atoms with van der Waals surface area (Å²) in [5.41, 5.74) is 8.33. The summed E-state index contributed by atoms with van der Waals surface area (Å²) in [6.45, 7) is 4.16. The maximum absolute atomic E-state index is 6.24. The lowest BCUT2D eigenvalue weighted by molar-refractivity contribution is 0.268. The summed E-state index contributed by atoms with van der Waals surface area (Å²) in [7, 11) is 0. The van der Waals surface area contributed by atoms with E-state index in [0.29, 0.717) is 23.7 Å². The molecule has 108 valence electrons. The first-order valence-corrected chi connectivity index (χ1v) is 6.93. The van der Waals surface area contributed by atoms with Crippen LogP contribution in [0.2, 0.25) is 5.02 Å². The Balaban J connectivity index is 2.14. The number of hydrogen-bond acceptors (Lipinski definition) is 5. The van der Waals surface area contributed by atoms with Crippen molar-refractivity contribution in [2.45, 2.75) is 39.3 Å². The van der Waals surface area contributed by atoms with Gasteiger partial charge in [-0.15, -0.1) is 0 Å². The average molecular weight is 296 g/mol. The van der Waals surface area contributed by atoms with E-state index in [2.05, 4.69) is 14.9 Å². The molecule has 0 spiro atoms. The lowest BCUT2D eigenvalue weighted by atomic mass is 10.0. The summed E-state index contributed by atoms with van der Waals surface area (Å²) < 4.78 is 10.4. The number of nitrogens with two attached hydrogens (primary N) is 1. The van der Waals surface area contributed by atoms with E-state index in [1.807, 2.05) is 32.0 Å². The smallest absolute Gasteiger partial charge is 0.145 e. The summed E-state index contributed by atoms with van der Waals surface area (Å²) in [5, 5.41) is 8.18. The van der Waals surface area contributed by atoms with Crippen molar-refractivity contribution in [1.29, 1.82) is 0 Å². The van der Waals surface area contributed by atoms with Crippen LogP contribution >= 0.6 is 11.6 Å². The first-order valence-electron chi connectivity index (χ1n) is 6.55. The van der Waals surface area contributed by atoms with Gasteiger partial charge >= 0.3 is 0 Å². The van der Waals surface area contributed by atoms with E-state index in [9.17, 15) is 0 Å². The second-order valence-electron chi connectivity index (χ2n) is 4.67. The Kier molecular flexibility index (Phi) is 4.98. The molecule has 1 atom stereocenters. The Morgan fingerprint density at radius 1 is 1.40 bits per heavy atom. The van der Waals surface area contributed by atoms with Crippen LogP contribution in [0.25, 0.3) is 0 Å². The third-order valence-corrected chi connectivity index (χ3v) is 3.53. The highest BCUT2D eigenvalue weighted by molar-refractivity contribution is 6.31. The molecule has 1 heterocycles. The van der Waals surface area contributed by atoms with Gasteiger partial charge in [0.05, 0.1) is 0 Å². The molecule has 20 heavy (non-hydrogen) atoms. The average Bonchev–Trinajstić information content (AvgIpc) is 2.84. The molecule has 0 radical (unpaired) electrons. The molecule has 2 rings (SSSR count). The second kappa shape index (κ2) is 6.72. The molecular weight excluding hydrogens is 278 g/mol. The van der Waals surface area contributed by atoms with Crippen molar-refractivity contribution in [2.75, 3.05) is 0 Å². The van der Waals surface area contributed by atoms with Gasteiger partial charge in [-0.25, -0.2) is 4.63 Å². The van der Waals surface area contributed by atoms with Gasteiger partial charge in [-0.2, -0.15) is 0 Å². The highest BCUT2D eigenvalue weighted by atomic mass is 35.5. The van der Waals surface area contributed by atoms with Crippen LogP contribution in [0, 0.1) is 6.92 Å². The highest BCUT2D eigenvalue weighted by Gasteiger charge is 2.13. The number of benzene rings is 1. The molecule has 0 saturated heterocycles. The Bertz CT molecular complexity index is 571. The normalized spacial score (nSPS) is 12.4. The van der Waals surface area contributed by atoms with Gasteiger partial charge < -0.3 is 10.5 Å². The van der Waals surface area contributed by atoms with Crippen molar-refractivity contribution in [3.63, 3.8) is 0 Å². The van der Waals surface area contributed by atoms with Gasteiger partial charge in [-0.1, -0.05) is 34.9 Å². The van der Waals surface area contributed by atoms with Gasteiger partial charge in [0.15, 0.2) is 0 Å². The Morgan fingerprint density at radius 3 is 2.85 bits per heavy atom. The van der Waals surface area contributed by atoms with Crippen LogP contribution in [0.3, 0.4) is 0 Å². The fraction of sp³-hybridized carbons (Fsp3) is 0.429. The number of aromatic nitrogens is 2. The molecule has 0 fully saturated rings. The summed E-state index contributed by atoms with van der Waals surface area (Å²) >= 11 is 6.24. The lowest BCUT2D eigenvalue weighted by Crippen LogP contribution is -2.22. The molecule has 0 aliphatic heterocycles. The van der Waals surface area contributed by atoms with E-state index >= 15 is 0 Å². The Morgan fingerprint density at radius 2 is 2.20 bits per heavy atom. The molecule has 0 amide bonds. The minimum Gasteiger partial charge on any atom is -0.487 e.